The molecular formula is C21H30N4O4. The minimum Gasteiger partial charge on any atom is -0.493 e. The van der Waals surface area contributed by atoms with Crippen molar-refractivity contribution in [2.24, 2.45) is 4.99 Å². The highest BCUT2D eigenvalue weighted by atomic mass is 16.5. The van der Waals surface area contributed by atoms with Crippen LogP contribution in [0.1, 0.15) is 24.5 Å². The molecule has 0 unspecified atom stereocenters. The SMILES string of the molecule is CCCOc1ccc(CNC(=NC)NCc2cc(OC)c(OC)c(OC)c2)cn1. The quantitative estimate of drug-likeness (QED) is 0.467. The largest absolute Gasteiger partial charge is 0.493 e. The van der Waals surface area contributed by atoms with Gasteiger partial charge in [-0.25, -0.2) is 4.98 Å². The van der Waals surface area contributed by atoms with Gasteiger partial charge in [-0.2, -0.15) is 0 Å². The second-order valence-electron chi connectivity index (χ2n) is 6.17. The van der Waals surface area contributed by atoms with Crippen LogP contribution < -0.4 is 29.6 Å². The first-order valence-corrected chi connectivity index (χ1v) is 9.46. The third-order valence-electron chi connectivity index (χ3n) is 4.12. The highest BCUT2D eigenvalue weighted by Gasteiger charge is 2.13. The molecule has 0 aliphatic heterocycles. The van der Waals surface area contributed by atoms with E-state index in [1.165, 1.54) is 0 Å². The number of benzene rings is 1. The Balaban J connectivity index is 1.94. The zero-order chi connectivity index (χ0) is 21.1. The predicted molar refractivity (Wildman–Crippen MR) is 113 cm³/mol. The standard InChI is InChI=1S/C21H30N4O4/c1-6-9-29-19-8-7-15(12-23-19)13-24-21(22-2)25-14-16-10-17(26-3)20(28-5)18(11-16)27-4/h7-8,10-12H,6,9,13-14H2,1-5H3,(H2,22,24,25). The van der Waals surface area contributed by atoms with Gasteiger partial charge in [-0.05, 0) is 29.7 Å². The van der Waals surface area contributed by atoms with Crippen LogP contribution in [0.3, 0.4) is 0 Å². The minimum atomic E-state index is 0.540. The van der Waals surface area contributed by atoms with Gasteiger partial charge in [0.2, 0.25) is 11.6 Å². The average molecular weight is 402 g/mol. The second kappa shape index (κ2) is 11.6. The van der Waals surface area contributed by atoms with Gasteiger partial charge in [-0.15, -0.1) is 0 Å². The monoisotopic (exact) mass is 402 g/mol. The molecule has 29 heavy (non-hydrogen) atoms. The van der Waals surface area contributed by atoms with Crippen molar-refractivity contribution in [2.75, 3.05) is 35.0 Å². The molecular weight excluding hydrogens is 372 g/mol. The van der Waals surface area contributed by atoms with Crippen molar-refractivity contribution in [1.82, 2.24) is 15.6 Å². The van der Waals surface area contributed by atoms with Gasteiger partial charge in [-0.1, -0.05) is 13.0 Å². The number of hydrogen-bond donors (Lipinski definition) is 2. The summed E-state index contributed by atoms with van der Waals surface area (Å²) in [5.74, 6) is 3.11. The zero-order valence-corrected chi connectivity index (χ0v) is 17.7. The Kier molecular flexibility index (Phi) is 8.88. The Hall–Kier alpha value is -3.16. The number of aromatic nitrogens is 1. The minimum absolute atomic E-state index is 0.540. The van der Waals surface area contributed by atoms with Gasteiger partial charge in [-0.3, -0.25) is 4.99 Å². The zero-order valence-electron chi connectivity index (χ0n) is 17.7. The number of guanidine groups is 1. The third kappa shape index (κ3) is 6.44. The molecule has 158 valence electrons. The van der Waals surface area contributed by atoms with Gasteiger partial charge in [0.1, 0.15) is 0 Å². The van der Waals surface area contributed by atoms with Crippen molar-refractivity contribution < 1.29 is 18.9 Å². The highest BCUT2D eigenvalue weighted by Crippen LogP contribution is 2.38. The summed E-state index contributed by atoms with van der Waals surface area (Å²) >= 11 is 0. The van der Waals surface area contributed by atoms with E-state index < -0.39 is 0 Å². The maximum Gasteiger partial charge on any atom is 0.213 e. The molecule has 8 nitrogen and oxygen atoms in total. The van der Waals surface area contributed by atoms with Crippen LogP contribution in [0.4, 0.5) is 0 Å². The van der Waals surface area contributed by atoms with Gasteiger partial charge in [0.25, 0.3) is 0 Å². The lowest BCUT2D eigenvalue weighted by atomic mass is 10.2. The molecule has 0 atom stereocenters. The van der Waals surface area contributed by atoms with Crippen molar-refractivity contribution in [3.05, 3.63) is 41.6 Å². The summed E-state index contributed by atoms with van der Waals surface area (Å²) in [5, 5.41) is 6.55. The maximum atomic E-state index is 5.50. The number of nitrogens with zero attached hydrogens (tertiary/aromatic N) is 2. The molecule has 0 saturated carbocycles. The summed E-state index contributed by atoms with van der Waals surface area (Å²) in [6.45, 7) is 3.87. The van der Waals surface area contributed by atoms with E-state index in [9.17, 15) is 0 Å². The maximum absolute atomic E-state index is 5.50. The van der Waals surface area contributed by atoms with Gasteiger partial charge < -0.3 is 29.6 Å². The molecule has 0 spiro atoms. The van der Waals surface area contributed by atoms with Crippen LogP contribution >= 0.6 is 0 Å². The van der Waals surface area contributed by atoms with Crippen LogP contribution in [0.25, 0.3) is 0 Å². The van der Waals surface area contributed by atoms with E-state index >= 15 is 0 Å². The molecule has 0 aliphatic carbocycles. The third-order valence-corrected chi connectivity index (χ3v) is 4.12. The Bertz CT molecular complexity index is 769. The van der Waals surface area contributed by atoms with E-state index in [2.05, 4.69) is 27.5 Å². The topological polar surface area (TPSA) is 86.2 Å². The van der Waals surface area contributed by atoms with Crippen molar-refractivity contribution in [3.8, 4) is 23.1 Å². The molecule has 2 N–H and O–H groups in total. The molecule has 0 amide bonds. The fraction of sp³-hybridized carbons (Fsp3) is 0.429. The summed E-state index contributed by atoms with van der Waals surface area (Å²) in [5.41, 5.74) is 2.01. The number of nitrogens with one attached hydrogen (secondary N) is 2. The van der Waals surface area contributed by atoms with E-state index in [0.717, 1.165) is 17.5 Å². The van der Waals surface area contributed by atoms with Crippen molar-refractivity contribution in [1.29, 1.82) is 0 Å². The van der Waals surface area contributed by atoms with Crippen molar-refractivity contribution in [3.63, 3.8) is 0 Å². The molecule has 1 heterocycles. The van der Waals surface area contributed by atoms with Crippen LogP contribution in [-0.2, 0) is 13.1 Å². The number of aliphatic imine (C=N–C) groups is 1. The van der Waals surface area contributed by atoms with Crippen LogP contribution in [0.2, 0.25) is 0 Å². The summed E-state index contributed by atoms with van der Waals surface area (Å²) in [4.78, 5) is 8.56. The van der Waals surface area contributed by atoms with E-state index in [1.54, 1.807) is 34.6 Å². The first kappa shape index (κ1) is 22.1. The van der Waals surface area contributed by atoms with Gasteiger partial charge in [0.05, 0.1) is 27.9 Å². The first-order valence-electron chi connectivity index (χ1n) is 9.46. The number of rotatable bonds is 10. The summed E-state index contributed by atoms with van der Waals surface area (Å²) < 4.78 is 21.7. The Labute approximate surface area is 172 Å². The van der Waals surface area contributed by atoms with Crippen LogP contribution in [0.15, 0.2) is 35.5 Å². The lowest BCUT2D eigenvalue weighted by Crippen LogP contribution is -2.36. The van der Waals surface area contributed by atoms with E-state index in [-0.39, 0.29) is 0 Å². The van der Waals surface area contributed by atoms with Crippen molar-refractivity contribution >= 4 is 5.96 Å². The second-order valence-corrected chi connectivity index (χ2v) is 6.17. The summed E-state index contributed by atoms with van der Waals surface area (Å²) in [7, 11) is 6.51. The molecule has 1 aromatic carbocycles. The number of methoxy groups -OCH3 is 3. The molecule has 1 aromatic heterocycles. The van der Waals surface area contributed by atoms with E-state index in [0.29, 0.717) is 48.8 Å². The van der Waals surface area contributed by atoms with Crippen LogP contribution in [-0.4, -0.2) is 45.9 Å². The van der Waals surface area contributed by atoms with Crippen LogP contribution in [0, 0.1) is 0 Å². The molecule has 0 bridgehead atoms. The van der Waals surface area contributed by atoms with Crippen molar-refractivity contribution in [2.45, 2.75) is 26.4 Å². The number of ether oxygens (including phenoxy) is 4. The fourth-order valence-electron chi connectivity index (χ4n) is 2.64. The lowest BCUT2D eigenvalue weighted by Gasteiger charge is -2.16. The molecule has 0 aliphatic rings. The molecule has 2 aromatic rings. The van der Waals surface area contributed by atoms with Crippen LogP contribution in [0.5, 0.6) is 23.1 Å². The molecule has 0 radical (unpaired) electrons. The Morgan fingerprint density at radius 1 is 0.966 bits per heavy atom. The molecule has 2 rings (SSSR count). The summed E-state index contributed by atoms with van der Waals surface area (Å²) in [6, 6.07) is 7.66. The smallest absolute Gasteiger partial charge is 0.213 e. The molecule has 8 heteroatoms. The van der Waals surface area contributed by atoms with E-state index in [4.69, 9.17) is 18.9 Å². The van der Waals surface area contributed by atoms with E-state index in [1.807, 2.05) is 24.3 Å². The predicted octanol–water partition coefficient (Wildman–Crippen LogP) is 2.76. The Morgan fingerprint density at radius 2 is 1.62 bits per heavy atom. The normalized spacial score (nSPS) is 11.0. The van der Waals surface area contributed by atoms with Gasteiger partial charge >= 0.3 is 0 Å². The molecule has 0 saturated heterocycles. The average Bonchev–Trinajstić information content (AvgIpc) is 2.77. The van der Waals surface area contributed by atoms with Gasteiger partial charge in [0, 0.05) is 32.4 Å². The summed E-state index contributed by atoms with van der Waals surface area (Å²) in [6.07, 6.45) is 2.75. The number of hydrogen-bond acceptors (Lipinski definition) is 6. The van der Waals surface area contributed by atoms with Gasteiger partial charge in [0.15, 0.2) is 17.5 Å². The molecule has 0 fully saturated rings. The number of pyridine rings is 1. The first-order chi connectivity index (χ1) is 14.1. The fourth-order valence-corrected chi connectivity index (χ4v) is 2.64. The Morgan fingerprint density at radius 3 is 2.10 bits per heavy atom. The lowest BCUT2D eigenvalue weighted by molar-refractivity contribution is 0.305. The highest BCUT2D eigenvalue weighted by molar-refractivity contribution is 5.79.